The molecule has 2 aliphatic heterocycles. The van der Waals surface area contributed by atoms with Gasteiger partial charge in [0.05, 0.1) is 9.24 Å². The smallest absolute Gasteiger partial charge is 0.294 e. The number of carbonyl (C=O) groups is 1. The van der Waals surface area contributed by atoms with E-state index < -0.39 is 10.0 Å². The van der Waals surface area contributed by atoms with E-state index in [2.05, 4.69) is 35.3 Å². The number of halogens is 1. The standard InChI is InChI=1S/C22H22ClN3O3S3/c1-5-26-20(27)16(30-21(26)24-32(28,29)19-13-12-18(23)31-19)10-11-17-22(2,3)14-8-6-7-9-15(14)25(17)4/h6-13H,5H2,1-4H3/b16-10-,17-11+,24-21+. The van der Waals surface area contributed by atoms with Crippen molar-refractivity contribution in [3.05, 3.63) is 69.1 Å². The number of amides is 1. The Morgan fingerprint density at radius 1 is 1.16 bits per heavy atom. The molecule has 0 unspecified atom stereocenters. The Bertz CT molecular complexity index is 1290. The molecule has 0 saturated carbocycles. The monoisotopic (exact) mass is 507 g/mol. The van der Waals surface area contributed by atoms with Crippen LogP contribution in [0.4, 0.5) is 5.69 Å². The lowest BCUT2D eigenvalue weighted by molar-refractivity contribution is -0.122. The highest BCUT2D eigenvalue weighted by Crippen LogP contribution is 2.47. The second-order valence-electron chi connectivity index (χ2n) is 7.84. The Hall–Kier alpha value is -2.07. The van der Waals surface area contributed by atoms with E-state index >= 15 is 0 Å². The number of sulfonamides is 1. The van der Waals surface area contributed by atoms with Crippen molar-refractivity contribution in [3.8, 4) is 0 Å². The lowest BCUT2D eigenvalue weighted by Gasteiger charge is -2.23. The van der Waals surface area contributed by atoms with E-state index in [1.807, 2.05) is 25.3 Å². The summed E-state index contributed by atoms with van der Waals surface area (Å²) in [5, 5.41) is 0.147. The van der Waals surface area contributed by atoms with Crippen molar-refractivity contribution in [2.75, 3.05) is 18.5 Å². The molecule has 0 spiro atoms. The van der Waals surface area contributed by atoms with Gasteiger partial charge in [-0.25, -0.2) is 0 Å². The van der Waals surface area contributed by atoms with Gasteiger partial charge >= 0.3 is 0 Å². The molecule has 1 fully saturated rings. The molecule has 32 heavy (non-hydrogen) atoms. The summed E-state index contributed by atoms with van der Waals surface area (Å²) in [6.45, 7) is 6.39. The SMILES string of the molecule is CCN1C(=O)/C(=C/C=C2/N(C)c3ccccc3C2(C)C)S/C1=N/S(=O)(=O)c1ccc(Cl)s1. The van der Waals surface area contributed by atoms with Crippen LogP contribution in [0.3, 0.4) is 0 Å². The van der Waals surface area contributed by atoms with Crippen LogP contribution in [0.15, 0.2) is 67.8 Å². The number of hydrogen-bond acceptors (Lipinski definition) is 6. The third kappa shape index (κ3) is 3.91. The molecule has 6 nitrogen and oxygen atoms in total. The van der Waals surface area contributed by atoms with Crippen LogP contribution in [0.2, 0.25) is 4.34 Å². The summed E-state index contributed by atoms with van der Waals surface area (Å²) < 4.78 is 29.7. The lowest BCUT2D eigenvalue weighted by atomic mass is 9.84. The molecular weight excluding hydrogens is 486 g/mol. The molecule has 1 amide bonds. The van der Waals surface area contributed by atoms with Gasteiger partial charge in [0.25, 0.3) is 15.9 Å². The van der Waals surface area contributed by atoms with E-state index in [0.717, 1.165) is 34.5 Å². The van der Waals surface area contributed by atoms with Crippen molar-refractivity contribution in [2.24, 2.45) is 4.40 Å². The maximum absolute atomic E-state index is 12.9. The maximum Gasteiger partial charge on any atom is 0.294 e. The van der Waals surface area contributed by atoms with Gasteiger partial charge in [-0.05, 0) is 54.6 Å². The summed E-state index contributed by atoms with van der Waals surface area (Å²) in [5.41, 5.74) is 3.17. The van der Waals surface area contributed by atoms with Gasteiger partial charge in [-0.2, -0.15) is 8.42 Å². The van der Waals surface area contributed by atoms with Crippen LogP contribution in [0.25, 0.3) is 0 Å². The van der Waals surface area contributed by atoms with Crippen molar-refractivity contribution in [1.29, 1.82) is 0 Å². The molecule has 0 atom stereocenters. The summed E-state index contributed by atoms with van der Waals surface area (Å²) in [6.07, 6.45) is 3.69. The normalized spacial score (nSPS) is 21.9. The quantitative estimate of drug-likeness (QED) is 0.529. The van der Waals surface area contributed by atoms with Crippen molar-refractivity contribution in [3.63, 3.8) is 0 Å². The van der Waals surface area contributed by atoms with Gasteiger partial charge in [-0.15, -0.1) is 15.7 Å². The van der Waals surface area contributed by atoms with E-state index in [1.165, 1.54) is 22.6 Å². The second-order valence-corrected chi connectivity index (χ2v) is 12.4. The Morgan fingerprint density at radius 2 is 1.88 bits per heavy atom. The zero-order chi connectivity index (χ0) is 23.3. The minimum atomic E-state index is -3.95. The molecule has 2 aromatic rings. The number of anilines is 1. The van der Waals surface area contributed by atoms with Crippen LogP contribution < -0.4 is 4.90 Å². The first-order chi connectivity index (χ1) is 15.1. The summed E-state index contributed by atoms with van der Waals surface area (Å²) in [7, 11) is -1.95. The number of thioether (sulfide) groups is 1. The molecule has 168 valence electrons. The molecular formula is C22H22ClN3O3S3. The fraction of sp³-hybridized carbons (Fsp3) is 0.273. The molecule has 4 rings (SSSR count). The number of benzene rings is 1. The predicted molar refractivity (Wildman–Crippen MR) is 133 cm³/mol. The van der Waals surface area contributed by atoms with Gasteiger partial charge < -0.3 is 4.90 Å². The first-order valence-electron chi connectivity index (χ1n) is 9.92. The average Bonchev–Trinajstić information content (AvgIpc) is 3.36. The number of amidine groups is 1. The molecule has 10 heteroatoms. The largest absolute Gasteiger partial charge is 0.347 e. The maximum atomic E-state index is 12.9. The van der Waals surface area contributed by atoms with Crippen molar-refractivity contribution in [2.45, 2.75) is 30.4 Å². The molecule has 1 aromatic heterocycles. The van der Waals surface area contributed by atoms with Gasteiger partial charge in [-0.1, -0.05) is 43.6 Å². The summed E-state index contributed by atoms with van der Waals surface area (Å²) >= 11 is 7.88. The highest BCUT2D eigenvalue weighted by molar-refractivity contribution is 8.19. The number of para-hydroxylation sites is 1. The molecule has 1 aromatic carbocycles. The lowest BCUT2D eigenvalue weighted by Crippen LogP contribution is -2.29. The van der Waals surface area contributed by atoms with Crippen LogP contribution in [-0.2, 0) is 20.2 Å². The van der Waals surface area contributed by atoms with Gasteiger partial charge in [-0.3, -0.25) is 9.69 Å². The Labute approximate surface area is 201 Å². The third-order valence-electron chi connectivity index (χ3n) is 5.54. The molecule has 3 heterocycles. The molecule has 0 bridgehead atoms. The zero-order valence-electron chi connectivity index (χ0n) is 18.0. The van der Waals surface area contributed by atoms with Crippen LogP contribution in [0.1, 0.15) is 26.3 Å². The average molecular weight is 508 g/mol. The van der Waals surface area contributed by atoms with Crippen LogP contribution >= 0.6 is 34.7 Å². The van der Waals surface area contributed by atoms with Crippen molar-refractivity contribution >= 4 is 61.5 Å². The van der Waals surface area contributed by atoms with Crippen LogP contribution in [0, 0.1) is 0 Å². The molecule has 0 N–H and O–H groups in total. The predicted octanol–water partition coefficient (Wildman–Crippen LogP) is 5.24. The van der Waals surface area contributed by atoms with E-state index in [4.69, 9.17) is 11.6 Å². The third-order valence-corrected chi connectivity index (χ3v) is 9.64. The first-order valence-corrected chi connectivity index (χ1v) is 13.4. The first kappa shape index (κ1) is 23.1. The highest BCUT2D eigenvalue weighted by Gasteiger charge is 2.38. The molecule has 1 saturated heterocycles. The minimum absolute atomic E-state index is 0.0470. The van der Waals surface area contributed by atoms with Crippen molar-refractivity contribution < 1.29 is 13.2 Å². The number of hydrogen-bond donors (Lipinski definition) is 0. The minimum Gasteiger partial charge on any atom is -0.347 e. The highest BCUT2D eigenvalue weighted by atomic mass is 35.5. The zero-order valence-corrected chi connectivity index (χ0v) is 21.2. The van der Waals surface area contributed by atoms with E-state index in [1.54, 1.807) is 13.0 Å². The summed E-state index contributed by atoms with van der Waals surface area (Å²) in [5.74, 6) is -0.261. The second kappa shape index (κ2) is 8.37. The van der Waals surface area contributed by atoms with Gasteiger partial charge in [0.2, 0.25) is 0 Å². The number of likely N-dealkylation sites (N-methyl/N-ethyl adjacent to an activating group) is 2. The molecule has 2 aliphatic rings. The topological polar surface area (TPSA) is 70.1 Å². The number of carbonyl (C=O) groups excluding carboxylic acids is 1. The molecule has 0 radical (unpaired) electrons. The Morgan fingerprint density at radius 3 is 2.50 bits per heavy atom. The number of rotatable bonds is 4. The Kier molecular flexibility index (Phi) is 6.04. The summed E-state index contributed by atoms with van der Waals surface area (Å²) in [4.78, 5) is 16.9. The number of nitrogens with zero attached hydrogens (tertiary/aromatic N) is 3. The fourth-order valence-corrected chi connectivity index (χ4v) is 7.56. The number of thiophene rings is 1. The van der Waals surface area contributed by atoms with Gasteiger partial charge in [0.15, 0.2) is 5.17 Å². The van der Waals surface area contributed by atoms with E-state index in [0.29, 0.717) is 15.8 Å². The molecule has 0 aliphatic carbocycles. The Balaban J connectivity index is 1.68. The van der Waals surface area contributed by atoms with Crippen LogP contribution in [0.5, 0.6) is 0 Å². The van der Waals surface area contributed by atoms with E-state index in [9.17, 15) is 13.2 Å². The van der Waals surface area contributed by atoms with Gasteiger partial charge in [0, 0.05) is 30.4 Å². The van der Waals surface area contributed by atoms with Gasteiger partial charge in [0.1, 0.15) is 4.21 Å². The van der Waals surface area contributed by atoms with E-state index in [-0.39, 0.29) is 20.7 Å². The van der Waals surface area contributed by atoms with Crippen LogP contribution in [-0.4, -0.2) is 38.0 Å². The summed E-state index contributed by atoms with van der Waals surface area (Å²) in [6, 6.07) is 11.1. The number of allylic oxidation sites excluding steroid dienone is 3. The van der Waals surface area contributed by atoms with Crippen molar-refractivity contribution in [1.82, 2.24) is 4.90 Å². The fourth-order valence-electron chi connectivity index (χ4n) is 3.91. The number of fused-ring (bicyclic) bond motifs is 1.